The molecular weight excluding hydrogens is 685 g/mol. The Labute approximate surface area is 298 Å². The fourth-order valence-electron chi connectivity index (χ4n) is 5.19. The highest BCUT2D eigenvalue weighted by Crippen LogP contribution is 2.34. The minimum absolute atomic E-state index is 0.0145. The Balaban J connectivity index is 1.88. The first-order chi connectivity index (χ1) is 23.1. The first-order valence-corrected chi connectivity index (χ1v) is 17.7. The van der Waals surface area contributed by atoms with Gasteiger partial charge in [-0.1, -0.05) is 77.3 Å². The molecule has 0 radical (unpaired) electrons. The molecule has 4 aromatic carbocycles. The molecule has 0 aliphatic carbocycles. The highest BCUT2D eigenvalue weighted by molar-refractivity contribution is 7.92. The van der Waals surface area contributed by atoms with Crippen LogP contribution in [-0.2, 0) is 32.6 Å². The molecule has 12 heteroatoms. The van der Waals surface area contributed by atoms with Crippen LogP contribution in [0.3, 0.4) is 0 Å². The molecule has 260 valence electrons. The lowest BCUT2D eigenvalue weighted by atomic mass is 10.0. The summed E-state index contributed by atoms with van der Waals surface area (Å²) in [4.78, 5) is 30.2. The van der Waals surface area contributed by atoms with Crippen molar-refractivity contribution in [2.75, 3.05) is 25.1 Å². The van der Waals surface area contributed by atoms with Crippen molar-refractivity contribution in [2.24, 2.45) is 0 Å². The van der Waals surface area contributed by atoms with Gasteiger partial charge in [0.2, 0.25) is 11.8 Å². The molecule has 0 unspecified atom stereocenters. The number of nitrogens with one attached hydrogen (secondary N) is 1. The number of rotatable bonds is 13. The number of carbonyl (C=O) groups is 2. The van der Waals surface area contributed by atoms with Crippen LogP contribution in [0.5, 0.6) is 11.5 Å². The van der Waals surface area contributed by atoms with Crippen molar-refractivity contribution in [3.8, 4) is 11.5 Å². The molecular formula is C37H41Cl2N3O6S. The molecule has 0 aromatic heterocycles. The predicted octanol–water partition coefficient (Wildman–Crippen LogP) is 7.07. The monoisotopic (exact) mass is 725 g/mol. The second kappa shape index (κ2) is 16.0. The van der Waals surface area contributed by atoms with Crippen molar-refractivity contribution in [3.05, 3.63) is 118 Å². The summed E-state index contributed by atoms with van der Waals surface area (Å²) in [5.74, 6) is -0.394. The molecule has 0 fully saturated rings. The Kier molecular flexibility index (Phi) is 12.2. The maximum Gasteiger partial charge on any atom is 0.264 e. The SMILES string of the molecule is COc1ccc(N(CC(=O)N(Cc2ccc(Cl)cc2Cl)[C@@H](Cc2ccccc2)C(=O)NC(C)(C)C)S(=O)(=O)c2ccc(C)cc2)cc1OC. The van der Waals surface area contributed by atoms with Crippen molar-refractivity contribution in [3.63, 3.8) is 0 Å². The third kappa shape index (κ3) is 9.68. The van der Waals surface area contributed by atoms with E-state index in [1.54, 1.807) is 36.4 Å². The fraction of sp³-hybridized carbons (Fsp3) is 0.297. The average Bonchev–Trinajstić information content (AvgIpc) is 3.05. The van der Waals surface area contributed by atoms with Crippen LogP contribution in [-0.4, -0.2) is 57.5 Å². The van der Waals surface area contributed by atoms with Crippen molar-refractivity contribution in [2.45, 2.75) is 57.1 Å². The summed E-state index contributed by atoms with van der Waals surface area (Å²) in [6.07, 6.45) is 0.154. The number of hydrogen-bond acceptors (Lipinski definition) is 6. The molecule has 0 aliphatic heterocycles. The van der Waals surface area contributed by atoms with Gasteiger partial charge < -0.3 is 19.7 Å². The van der Waals surface area contributed by atoms with E-state index in [1.807, 2.05) is 58.0 Å². The number of carbonyl (C=O) groups excluding carboxylic acids is 2. The Morgan fingerprint density at radius 3 is 2.10 bits per heavy atom. The molecule has 9 nitrogen and oxygen atoms in total. The summed E-state index contributed by atoms with van der Waals surface area (Å²) in [5, 5.41) is 3.71. The van der Waals surface area contributed by atoms with Crippen LogP contribution in [0.4, 0.5) is 5.69 Å². The maximum absolute atomic E-state index is 14.7. The lowest BCUT2D eigenvalue weighted by Crippen LogP contribution is -2.56. The quantitative estimate of drug-likeness (QED) is 0.158. The summed E-state index contributed by atoms with van der Waals surface area (Å²) < 4.78 is 40.6. The Bertz CT molecular complexity index is 1880. The number of anilines is 1. The summed E-state index contributed by atoms with van der Waals surface area (Å²) >= 11 is 12.8. The van der Waals surface area contributed by atoms with E-state index in [1.165, 1.54) is 43.4 Å². The van der Waals surface area contributed by atoms with Crippen molar-refractivity contribution >= 4 is 50.7 Å². The first-order valence-electron chi connectivity index (χ1n) is 15.5. The molecule has 1 N–H and O–H groups in total. The Morgan fingerprint density at radius 1 is 0.857 bits per heavy atom. The van der Waals surface area contributed by atoms with Crippen molar-refractivity contribution < 1.29 is 27.5 Å². The zero-order valence-electron chi connectivity index (χ0n) is 28.4. The first kappa shape index (κ1) is 37.6. The van der Waals surface area contributed by atoms with Gasteiger partial charge in [-0.15, -0.1) is 0 Å². The lowest BCUT2D eigenvalue weighted by Gasteiger charge is -2.35. The standard InChI is InChI=1S/C37H41Cl2N3O6S/c1-25-12-17-30(18-13-25)49(45,46)42(29-16-19-33(47-5)34(22-29)48-6)24-35(43)41(23-27-14-15-28(38)21-31(27)39)32(36(44)40-37(2,3)4)20-26-10-8-7-9-11-26/h7-19,21-22,32H,20,23-24H2,1-6H3,(H,40,44)/t32-/m0/s1. The van der Waals surface area contributed by atoms with Gasteiger partial charge in [-0.05, 0) is 75.2 Å². The van der Waals surface area contributed by atoms with E-state index in [-0.39, 0.29) is 29.3 Å². The number of sulfonamides is 1. The summed E-state index contributed by atoms with van der Waals surface area (Å²) in [5.41, 5.74) is 1.74. The van der Waals surface area contributed by atoms with Gasteiger partial charge in [0.25, 0.3) is 10.0 Å². The minimum atomic E-state index is -4.32. The third-order valence-electron chi connectivity index (χ3n) is 7.67. The van der Waals surface area contributed by atoms with Crippen molar-refractivity contribution in [1.82, 2.24) is 10.2 Å². The number of nitrogens with zero attached hydrogens (tertiary/aromatic N) is 2. The molecule has 0 spiro atoms. The van der Waals surface area contributed by atoms with Gasteiger partial charge in [-0.3, -0.25) is 13.9 Å². The molecule has 0 aliphatic rings. The van der Waals surface area contributed by atoms with E-state index in [0.717, 1.165) is 15.4 Å². The predicted molar refractivity (Wildman–Crippen MR) is 194 cm³/mol. The van der Waals surface area contributed by atoms with Crippen LogP contribution in [0.1, 0.15) is 37.5 Å². The van der Waals surface area contributed by atoms with Gasteiger partial charge in [-0.2, -0.15) is 0 Å². The van der Waals surface area contributed by atoms with Gasteiger partial charge >= 0.3 is 0 Å². The van der Waals surface area contributed by atoms with Crippen LogP contribution >= 0.6 is 23.2 Å². The minimum Gasteiger partial charge on any atom is -0.493 e. The number of hydrogen-bond donors (Lipinski definition) is 1. The van der Waals surface area contributed by atoms with Gasteiger partial charge in [0.05, 0.1) is 24.8 Å². The van der Waals surface area contributed by atoms with Gasteiger partial charge in [0.1, 0.15) is 12.6 Å². The molecule has 0 saturated carbocycles. The van der Waals surface area contributed by atoms with Crippen LogP contribution in [0.15, 0.2) is 95.9 Å². The Morgan fingerprint density at radius 2 is 1.51 bits per heavy atom. The molecule has 0 saturated heterocycles. The van der Waals surface area contributed by atoms with Crippen LogP contribution in [0, 0.1) is 6.92 Å². The normalized spacial score (nSPS) is 12.2. The van der Waals surface area contributed by atoms with Gasteiger partial charge in [0.15, 0.2) is 11.5 Å². The molecule has 49 heavy (non-hydrogen) atoms. The van der Waals surface area contributed by atoms with E-state index in [9.17, 15) is 18.0 Å². The smallest absolute Gasteiger partial charge is 0.264 e. The van der Waals surface area contributed by atoms with Crippen LogP contribution in [0.2, 0.25) is 10.0 Å². The Hall–Kier alpha value is -4.25. The van der Waals surface area contributed by atoms with E-state index in [2.05, 4.69) is 5.32 Å². The molecule has 1 atom stereocenters. The molecule has 0 bridgehead atoms. The zero-order chi connectivity index (χ0) is 35.9. The fourth-order valence-corrected chi connectivity index (χ4v) is 7.06. The topological polar surface area (TPSA) is 105 Å². The molecule has 4 rings (SSSR count). The molecule has 2 amide bonds. The van der Waals surface area contributed by atoms with Crippen molar-refractivity contribution in [1.29, 1.82) is 0 Å². The molecule has 0 heterocycles. The van der Waals surface area contributed by atoms with Crippen LogP contribution < -0.4 is 19.1 Å². The number of aryl methyl sites for hydroxylation is 1. The summed E-state index contributed by atoms with van der Waals surface area (Å²) in [6, 6.07) is 24.1. The second-order valence-corrected chi connectivity index (χ2v) is 15.3. The number of methoxy groups -OCH3 is 2. The average molecular weight is 727 g/mol. The summed E-state index contributed by atoms with van der Waals surface area (Å²) in [6.45, 7) is 6.64. The third-order valence-corrected chi connectivity index (χ3v) is 10.0. The summed E-state index contributed by atoms with van der Waals surface area (Å²) in [7, 11) is -1.41. The number of amides is 2. The zero-order valence-corrected chi connectivity index (χ0v) is 30.7. The second-order valence-electron chi connectivity index (χ2n) is 12.6. The maximum atomic E-state index is 14.7. The van der Waals surface area contributed by atoms with Gasteiger partial charge in [-0.25, -0.2) is 8.42 Å². The van der Waals surface area contributed by atoms with E-state index < -0.39 is 40.0 Å². The number of halogens is 2. The van der Waals surface area contributed by atoms with E-state index >= 15 is 0 Å². The van der Waals surface area contributed by atoms with Crippen LogP contribution in [0.25, 0.3) is 0 Å². The largest absolute Gasteiger partial charge is 0.493 e. The van der Waals surface area contributed by atoms with E-state index in [4.69, 9.17) is 32.7 Å². The number of ether oxygens (including phenoxy) is 2. The van der Waals surface area contributed by atoms with E-state index in [0.29, 0.717) is 21.4 Å². The highest BCUT2D eigenvalue weighted by atomic mass is 35.5. The number of benzene rings is 4. The highest BCUT2D eigenvalue weighted by Gasteiger charge is 2.36. The lowest BCUT2D eigenvalue weighted by molar-refractivity contribution is -0.140. The molecule has 4 aromatic rings. The van der Waals surface area contributed by atoms with Gasteiger partial charge in [0, 0.05) is 34.6 Å².